The van der Waals surface area contributed by atoms with Crippen LogP contribution in [0.5, 0.6) is 0 Å². The number of aryl methyl sites for hydroxylation is 6. The van der Waals surface area contributed by atoms with E-state index in [9.17, 15) is 14.5 Å². The summed E-state index contributed by atoms with van der Waals surface area (Å²) in [6.07, 6.45) is 6.60. The first-order valence-corrected chi connectivity index (χ1v) is 14.0. The molecule has 0 spiro atoms. The molecule has 0 bridgehead atoms. The highest BCUT2D eigenvalue weighted by Crippen LogP contribution is 2.19. The highest BCUT2D eigenvalue weighted by Gasteiger charge is 2.16. The predicted octanol–water partition coefficient (Wildman–Crippen LogP) is 5.16. The van der Waals surface area contributed by atoms with Gasteiger partial charge in [-0.3, -0.25) is 19.8 Å². The number of nitrogens with zero attached hydrogens (tertiary/aromatic N) is 3. The first-order chi connectivity index (χ1) is 18.7. The molecule has 0 atom stereocenters. The van der Waals surface area contributed by atoms with Crippen molar-refractivity contribution < 1.29 is 20.2 Å². The minimum absolute atomic E-state index is 0. The lowest BCUT2D eigenvalue weighted by molar-refractivity contribution is -0.459. The fourth-order valence-electron chi connectivity index (χ4n) is 3.28. The van der Waals surface area contributed by atoms with Crippen LogP contribution in [0.2, 0.25) is 0 Å². The van der Waals surface area contributed by atoms with Crippen molar-refractivity contribution in [2.75, 3.05) is 5.73 Å². The minimum Gasteiger partial charge on any atom is -0.870 e. The Morgan fingerprint density at radius 1 is 0.825 bits per heavy atom. The number of H-pyrrole nitrogens is 4. The number of carbonyl (C=O) groups is 2. The van der Waals surface area contributed by atoms with E-state index in [4.69, 9.17) is 5.73 Å². The van der Waals surface area contributed by atoms with Gasteiger partial charge in [-0.15, -0.1) is 10.0 Å². The number of rotatable bonds is 11. The molecule has 0 aliphatic heterocycles. The highest BCUT2D eigenvalue weighted by atomic mass is 16.3. The second-order valence-corrected chi connectivity index (χ2v) is 8.68. The number of nitroso groups, excluding NO2 is 1. The first-order valence-electron chi connectivity index (χ1n) is 14.0. The zero-order valence-electron chi connectivity index (χ0n) is 25.5. The van der Waals surface area contributed by atoms with Crippen LogP contribution in [-0.4, -0.2) is 42.5 Å². The van der Waals surface area contributed by atoms with Crippen molar-refractivity contribution in [2.24, 2.45) is 5.18 Å². The number of carbonyl (C=O) groups excluding carboxylic acids is 2. The van der Waals surface area contributed by atoms with E-state index in [0.717, 1.165) is 72.7 Å². The van der Waals surface area contributed by atoms with E-state index in [1.54, 1.807) is 13.8 Å². The molecule has 3 aromatic rings. The van der Waals surface area contributed by atoms with Crippen LogP contribution in [0.1, 0.15) is 109 Å². The Bertz CT molecular complexity index is 1040. The summed E-state index contributed by atoms with van der Waals surface area (Å²) in [6.45, 7) is 15.8. The summed E-state index contributed by atoms with van der Waals surface area (Å²) >= 11 is 0. The molecule has 0 amide bonds. The Morgan fingerprint density at radius 3 is 1.75 bits per heavy atom. The molecule has 0 unspecified atom stereocenters. The molecule has 12 nitrogen and oxygen atoms in total. The number of ketones is 2. The van der Waals surface area contributed by atoms with Crippen LogP contribution < -0.4 is 10.8 Å². The fourth-order valence-corrected chi connectivity index (χ4v) is 3.28. The van der Waals surface area contributed by atoms with Gasteiger partial charge in [-0.05, 0) is 43.3 Å². The number of aromatic nitrogens is 6. The van der Waals surface area contributed by atoms with Gasteiger partial charge in [-0.2, -0.15) is 15.3 Å². The van der Waals surface area contributed by atoms with Gasteiger partial charge in [0.05, 0.1) is 29.2 Å². The van der Waals surface area contributed by atoms with E-state index in [2.05, 4.69) is 62.6 Å². The average molecular weight is 563 g/mol. The van der Waals surface area contributed by atoms with Gasteiger partial charge in [-0.25, -0.2) is 0 Å². The van der Waals surface area contributed by atoms with E-state index < -0.39 is 0 Å². The molecule has 3 rings (SSSR count). The molecule has 3 heterocycles. The highest BCUT2D eigenvalue weighted by molar-refractivity contribution is 5.98. The zero-order valence-corrected chi connectivity index (χ0v) is 25.5. The van der Waals surface area contributed by atoms with Crippen molar-refractivity contribution >= 4 is 22.9 Å². The number of hydrogen-bond donors (Lipinski definition) is 4. The molecule has 0 aliphatic rings. The Balaban J connectivity index is 0. The fraction of sp³-hybridized carbons (Fsp3) is 0.607. The maximum atomic E-state index is 10.6. The summed E-state index contributed by atoms with van der Waals surface area (Å²) < 4.78 is 0. The molecular weight excluding hydrogens is 512 g/mol. The third-order valence-electron chi connectivity index (χ3n) is 5.99. The van der Waals surface area contributed by atoms with Crippen LogP contribution in [0, 0.1) is 4.91 Å². The van der Waals surface area contributed by atoms with Gasteiger partial charge in [0.1, 0.15) is 17.3 Å². The molecule has 0 fully saturated rings. The number of anilines is 1. The lowest BCUT2D eigenvalue weighted by Gasteiger charge is -1.92. The molecule has 12 heteroatoms. The number of nitrogens with one attached hydrogen (secondary N) is 4. The van der Waals surface area contributed by atoms with Gasteiger partial charge < -0.3 is 11.2 Å². The second kappa shape index (κ2) is 22.2. The Hall–Kier alpha value is -3.67. The molecule has 7 N–H and O–H groups in total. The summed E-state index contributed by atoms with van der Waals surface area (Å²) in [5.41, 5.74) is 13.3. The third kappa shape index (κ3) is 13.4. The second-order valence-electron chi connectivity index (χ2n) is 8.68. The van der Waals surface area contributed by atoms with Crippen molar-refractivity contribution in [3.8, 4) is 0 Å². The summed E-state index contributed by atoms with van der Waals surface area (Å²) in [5.74, 6) is 0.0868. The quantitative estimate of drug-likeness (QED) is 0.182. The van der Waals surface area contributed by atoms with E-state index in [-0.39, 0.29) is 23.5 Å². The molecule has 0 saturated carbocycles. The topological polar surface area (TPSA) is 207 Å². The van der Waals surface area contributed by atoms with Crippen LogP contribution in [0.15, 0.2) is 11.2 Å². The van der Waals surface area contributed by atoms with Crippen molar-refractivity contribution in [2.45, 2.75) is 113 Å². The molecule has 40 heavy (non-hydrogen) atoms. The van der Waals surface area contributed by atoms with Gasteiger partial charge in [0.15, 0.2) is 0 Å². The SMILES string of the molecule is CCC(=O)CC(=O)CC.CCc1[nH][nH+]c(CC)c1N=O.CCc1cc(CC)[nH]n1.CCc1n[nH]c(CC)c1N.[OH-]. The van der Waals surface area contributed by atoms with Crippen molar-refractivity contribution in [1.29, 1.82) is 0 Å². The number of aromatic amines is 4. The first kappa shape index (κ1) is 38.5. The molecule has 3 aromatic heterocycles. The number of Topliss-reactive ketones (excluding diaryl/α,β-unsaturated/α-hetero) is 2. The summed E-state index contributed by atoms with van der Waals surface area (Å²) in [7, 11) is 0. The van der Waals surface area contributed by atoms with Crippen LogP contribution in [0.25, 0.3) is 0 Å². The number of nitrogens with two attached hydrogens (primary N) is 1. The molecule has 226 valence electrons. The van der Waals surface area contributed by atoms with E-state index in [1.807, 2.05) is 20.8 Å². The lowest BCUT2D eigenvalue weighted by Crippen LogP contribution is -2.07. The van der Waals surface area contributed by atoms with Crippen molar-refractivity contribution in [3.05, 3.63) is 45.1 Å². The third-order valence-corrected chi connectivity index (χ3v) is 5.99. The van der Waals surface area contributed by atoms with E-state index in [1.165, 1.54) is 5.69 Å². The Labute approximate surface area is 238 Å². The number of nitrogen functional groups attached to an aromatic ring is 1. The summed E-state index contributed by atoms with van der Waals surface area (Å²) in [4.78, 5) is 31.5. The normalized spacial score (nSPS) is 9.60. The molecule has 0 aromatic carbocycles. The standard InChI is InChI=1S/C7H11N3O.C7H13N3.C7H12N2.C7H12O2.H2O/c1-3-5-7(10-11)6(4-2)9-8-5;1-3-5-7(8)6(4-2)10-9-5;1-3-6-5-7(4-2)9-8-6;1-3-6(8)5-7(9)4-2;/h3-4H2,1-2H3,(H,8,9);3-4,8H2,1-2H3,(H,9,10);5H,3-4H2,1-2H3,(H,8,9);3-5H2,1-2H3;1H2. The average Bonchev–Trinajstić information content (AvgIpc) is 3.70. The summed E-state index contributed by atoms with van der Waals surface area (Å²) in [5, 5.41) is 22.8. The largest absolute Gasteiger partial charge is 0.870 e. The monoisotopic (exact) mass is 562 g/mol. The van der Waals surface area contributed by atoms with Crippen molar-refractivity contribution in [1.82, 2.24) is 25.5 Å². The van der Waals surface area contributed by atoms with Gasteiger partial charge in [-0.1, -0.05) is 55.4 Å². The Morgan fingerprint density at radius 2 is 1.43 bits per heavy atom. The van der Waals surface area contributed by atoms with Crippen LogP contribution in [0.4, 0.5) is 11.4 Å². The predicted molar refractivity (Wildman–Crippen MR) is 158 cm³/mol. The lowest BCUT2D eigenvalue weighted by atomic mass is 10.1. The van der Waals surface area contributed by atoms with E-state index >= 15 is 0 Å². The van der Waals surface area contributed by atoms with Crippen LogP contribution >= 0.6 is 0 Å². The molecule has 0 radical (unpaired) electrons. The molecular formula is C28H50N8O4. The molecule has 0 aliphatic carbocycles. The minimum atomic E-state index is 0. The van der Waals surface area contributed by atoms with Crippen LogP contribution in [-0.2, 0) is 48.1 Å². The zero-order chi connectivity index (χ0) is 29.8. The van der Waals surface area contributed by atoms with Gasteiger partial charge in [0.2, 0.25) is 11.4 Å². The number of hydrogen-bond acceptors (Lipinski definition) is 8. The van der Waals surface area contributed by atoms with Crippen LogP contribution in [0.3, 0.4) is 0 Å². The maximum Gasteiger partial charge on any atom is 0.234 e. The van der Waals surface area contributed by atoms with Gasteiger partial charge >= 0.3 is 0 Å². The van der Waals surface area contributed by atoms with Gasteiger partial charge in [0.25, 0.3) is 0 Å². The van der Waals surface area contributed by atoms with Gasteiger partial charge in [0, 0.05) is 25.0 Å². The molecule has 0 saturated heterocycles. The smallest absolute Gasteiger partial charge is 0.234 e. The van der Waals surface area contributed by atoms with E-state index in [0.29, 0.717) is 18.5 Å². The Kier molecular flexibility index (Phi) is 21.3. The maximum absolute atomic E-state index is 10.6. The van der Waals surface area contributed by atoms with Crippen molar-refractivity contribution in [3.63, 3.8) is 0 Å². The summed E-state index contributed by atoms with van der Waals surface area (Å²) in [6, 6.07) is 2.11.